The monoisotopic (exact) mass is 449 g/mol. The number of carbonyl (C=O) groups is 2. The van der Waals surface area contributed by atoms with Crippen LogP contribution < -0.4 is 14.8 Å². The molecular weight excluding hydrogens is 426 g/mol. The summed E-state index contributed by atoms with van der Waals surface area (Å²) >= 11 is 0. The zero-order valence-electron chi connectivity index (χ0n) is 17.4. The van der Waals surface area contributed by atoms with Crippen molar-refractivity contribution >= 4 is 27.4 Å². The highest BCUT2D eigenvalue weighted by molar-refractivity contribution is 7.89. The Morgan fingerprint density at radius 3 is 2.55 bits per heavy atom. The Balaban J connectivity index is 1.55. The van der Waals surface area contributed by atoms with Crippen LogP contribution in [0.25, 0.3) is 0 Å². The molecule has 2 aliphatic heterocycles. The Morgan fingerprint density at radius 2 is 1.90 bits per heavy atom. The number of nitrogens with one attached hydrogen (secondary N) is 1. The molecule has 0 spiro atoms. The first-order chi connectivity index (χ1) is 14.7. The molecule has 11 heteroatoms. The number of piperidine rings is 1. The van der Waals surface area contributed by atoms with E-state index in [-0.39, 0.29) is 41.4 Å². The van der Waals surface area contributed by atoms with Gasteiger partial charge >= 0.3 is 0 Å². The van der Waals surface area contributed by atoms with Crippen molar-refractivity contribution in [2.45, 2.75) is 38.5 Å². The summed E-state index contributed by atoms with van der Waals surface area (Å²) in [5.74, 6) is -0.0752. The maximum absolute atomic E-state index is 13.1. The predicted octanol–water partition coefficient (Wildman–Crippen LogP) is 2.26. The average molecular weight is 449 g/mol. The van der Waals surface area contributed by atoms with Crippen LogP contribution in [-0.4, -0.2) is 49.5 Å². The van der Waals surface area contributed by atoms with Crippen molar-refractivity contribution < 1.29 is 32.0 Å². The van der Waals surface area contributed by atoms with Crippen LogP contribution in [0.15, 0.2) is 21.6 Å². The van der Waals surface area contributed by atoms with Crippen LogP contribution in [0, 0.1) is 19.8 Å². The largest absolute Gasteiger partial charge is 0.454 e. The van der Waals surface area contributed by atoms with Crippen LogP contribution >= 0.6 is 0 Å². The molecule has 1 aromatic carbocycles. The maximum Gasteiger partial charge on any atom is 0.248 e. The lowest BCUT2D eigenvalue weighted by atomic mass is 9.98. The lowest BCUT2D eigenvalue weighted by Gasteiger charge is -2.31. The van der Waals surface area contributed by atoms with Crippen molar-refractivity contribution in [3.05, 3.63) is 29.2 Å². The molecule has 1 N–H and O–H groups in total. The van der Waals surface area contributed by atoms with Crippen LogP contribution in [0.5, 0.6) is 11.5 Å². The van der Waals surface area contributed by atoms with E-state index in [1.165, 1.54) is 17.3 Å². The molecule has 0 radical (unpaired) electrons. The lowest BCUT2D eigenvalue weighted by Crippen LogP contribution is -2.44. The number of anilines is 1. The number of amides is 1. The minimum atomic E-state index is -3.84. The van der Waals surface area contributed by atoms with E-state index in [2.05, 4.69) is 10.5 Å². The summed E-state index contributed by atoms with van der Waals surface area (Å²) in [6.45, 7) is 4.88. The van der Waals surface area contributed by atoms with Crippen LogP contribution in [0.3, 0.4) is 0 Å². The van der Waals surface area contributed by atoms with E-state index in [9.17, 15) is 18.0 Å². The number of benzene rings is 1. The van der Waals surface area contributed by atoms with E-state index < -0.39 is 15.9 Å². The molecule has 31 heavy (non-hydrogen) atoms. The Morgan fingerprint density at radius 1 is 1.19 bits per heavy atom. The van der Waals surface area contributed by atoms with Gasteiger partial charge in [0.2, 0.25) is 22.7 Å². The first-order valence-corrected chi connectivity index (χ1v) is 11.3. The number of rotatable bonds is 5. The van der Waals surface area contributed by atoms with Gasteiger partial charge in [0.15, 0.2) is 23.0 Å². The summed E-state index contributed by atoms with van der Waals surface area (Å²) in [6.07, 6.45) is 1.06. The third-order valence-corrected chi connectivity index (χ3v) is 7.58. The number of aryl methyl sites for hydroxylation is 2. The molecule has 166 valence electrons. The summed E-state index contributed by atoms with van der Waals surface area (Å²) in [5.41, 5.74) is 0.900. The standard InChI is InChI=1S/C20H23N3O7S/c1-11-19(13(3)30-22-11)31(26,27)23-6-4-5-14(9-23)20(25)21-16-8-18-17(28-10-29-18)7-15(16)12(2)24/h7-8,14H,4-6,9-10H2,1-3H3,(H,21,25). The van der Waals surface area contributed by atoms with Gasteiger partial charge in [0.25, 0.3) is 0 Å². The normalized spacial score (nSPS) is 18.7. The van der Waals surface area contributed by atoms with Gasteiger partial charge in [-0.25, -0.2) is 8.42 Å². The summed E-state index contributed by atoms with van der Waals surface area (Å²) in [5, 5.41) is 6.50. The topological polar surface area (TPSA) is 128 Å². The molecule has 1 unspecified atom stereocenters. The van der Waals surface area contributed by atoms with Gasteiger partial charge in [0, 0.05) is 24.7 Å². The van der Waals surface area contributed by atoms with Crippen molar-refractivity contribution in [1.82, 2.24) is 9.46 Å². The molecule has 1 amide bonds. The Kier molecular flexibility index (Phi) is 5.48. The van der Waals surface area contributed by atoms with Crippen molar-refractivity contribution in [2.75, 3.05) is 25.2 Å². The van der Waals surface area contributed by atoms with Gasteiger partial charge in [-0.3, -0.25) is 9.59 Å². The highest BCUT2D eigenvalue weighted by Gasteiger charge is 2.36. The number of Topliss-reactive ketones (excluding diaryl/α,β-unsaturated/α-hetero) is 1. The van der Waals surface area contributed by atoms with Crippen molar-refractivity contribution in [2.24, 2.45) is 5.92 Å². The zero-order valence-corrected chi connectivity index (χ0v) is 18.2. The number of ketones is 1. The maximum atomic E-state index is 13.1. The minimum absolute atomic E-state index is 0.0260. The van der Waals surface area contributed by atoms with Crippen LogP contribution in [-0.2, 0) is 14.8 Å². The number of ether oxygens (including phenoxy) is 2. The molecular formula is C20H23N3O7S. The number of hydrogen-bond donors (Lipinski definition) is 1. The fraction of sp³-hybridized carbons (Fsp3) is 0.450. The highest BCUT2D eigenvalue weighted by atomic mass is 32.2. The number of nitrogens with zero attached hydrogens (tertiary/aromatic N) is 2. The Bertz CT molecular complexity index is 1140. The summed E-state index contributed by atoms with van der Waals surface area (Å²) in [7, 11) is -3.84. The zero-order chi connectivity index (χ0) is 22.3. The van der Waals surface area contributed by atoms with Gasteiger partial charge in [-0.15, -0.1) is 0 Å². The van der Waals surface area contributed by atoms with Crippen molar-refractivity contribution in [3.63, 3.8) is 0 Å². The molecule has 2 aliphatic rings. The summed E-state index contributed by atoms with van der Waals surface area (Å²) < 4.78 is 43.2. The molecule has 1 atom stereocenters. The van der Waals surface area contributed by atoms with Gasteiger partial charge in [-0.2, -0.15) is 4.31 Å². The fourth-order valence-corrected chi connectivity index (χ4v) is 5.73. The Hall–Kier alpha value is -2.92. The molecule has 1 aromatic heterocycles. The number of carbonyl (C=O) groups excluding carboxylic acids is 2. The lowest BCUT2D eigenvalue weighted by molar-refractivity contribution is -0.120. The molecule has 0 aliphatic carbocycles. The minimum Gasteiger partial charge on any atom is -0.454 e. The third-order valence-electron chi connectivity index (χ3n) is 5.47. The number of hydrogen-bond acceptors (Lipinski definition) is 8. The third kappa shape index (κ3) is 3.90. The molecule has 1 fully saturated rings. The van der Waals surface area contributed by atoms with Gasteiger partial charge in [0.1, 0.15) is 10.6 Å². The first-order valence-electron chi connectivity index (χ1n) is 9.87. The average Bonchev–Trinajstić information content (AvgIpc) is 3.32. The highest BCUT2D eigenvalue weighted by Crippen LogP contribution is 2.37. The van der Waals surface area contributed by atoms with Crippen LogP contribution in [0.1, 0.15) is 41.6 Å². The molecule has 0 bridgehead atoms. The number of sulfonamides is 1. The molecule has 10 nitrogen and oxygen atoms in total. The van der Waals surface area contributed by atoms with Gasteiger partial charge in [0.05, 0.1) is 11.6 Å². The van der Waals surface area contributed by atoms with Gasteiger partial charge in [-0.05, 0) is 39.7 Å². The van der Waals surface area contributed by atoms with E-state index in [1.807, 2.05) is 0 Å². The summed E-state index contributed by atoms with van der Waals surface area (Å²) in [6, 6.07) is 3.09. The molecule has 0 saturated carbocycles. The number of aromatic nitrogens is 1. The quantitative estimate of drug-likeness (QED) is 0.689. The Labute approximate surface area is 179 Å². The molecule has 4 rings (SSSR count). The van der Waals surface area contributed by atoms with Gasteiger partial charge in [-0.1, -0.05) is 5.16 Å². The summed E-state index contributed by atoms with van der Waals surface area (Å²) in [4.78, 5) is 25.1. The van der Waals surface area contributed by atoms with E-state index in [1.54, 1.807) is 19.9 Å². The van der Waals surface area contributed by atoms with E-state index in [0.717, 1.165) is 0 Å². The van der Waals surface area contributed by atoms with Crippen LogP contribution in [0.4, 0.5) is 5.69 Å². The van der Waals surface area contributed by atoms with Crippen molar-refractivity contribution in [3.8, 4) is 11.5 Å². The van der Waals surface area contributed by atoms with E-state index in [0.29, 0.717) is 42.1 Å². The SMILES string of the molecule is CC(=O)c1cc2c(cc1NC(=O)C1CCCN(S(=O)(=O)c3c(C)noc3C)C1)OCO2. The van der Waals surface area contributed by atoms with Crippen molar-refractivity contribution in [1.29, 1.82) is 0 Å². The smallest absolute Gasteiger partial charge is 0.248 e. The first kappa shape index (κ1) is 21.3. The predicted molar refractivity (Wildman–Crippen MR) is 109 cm³/mol. The second kappa shape index (κ2) is 7.97. The molecule has 1 saturated heterocycles. The van der Waals surface area contributed by atoms with Gasteiger partial charge < -0.3 is 19.3 Å². The second-order valence-electron chi connectivity index (χ2n) is 7.65. The van der Waals surface area contributed by atoms with E-state index >= 15 is 0 Å². The number of fused-ring (bicyclic) bond motifs is 1. The van der Waals surface area contributed by atoms with Crippen LogP contribution in [0.2, 0.25) is 0 Å². The van der Waals surface area contributed by atoms with E-state index in [4.69, 9.17) is 14.0 Å². The molecule has 3 heterocycles. The second-order valence-corrected chi connectivity index (χ2v) is 9.53. The molecule has 2 aromatic rings. The fourth-order valence-electron chi connectivity index (χ4n) is 3.92.